The fourth-order valence-electron chi connectivity index (χ4n) is 3.60. The maximum Gasteiger partial charge on any atom is 0.252 e. The Balaban J connectivity index is 1.54. The number of amides is 1. The highest BCUT2D eigenvalue weighted by Gasteiger charge is 2.21. The number of halogens is 1. The molecule has 4 rings (SSSR count). The summed E-state index contributed by atoms with van der Waals surface area (Å²) in [6.07, 6.45) is 5.93. The zero-order valence-corrected chi connectivity index (χ0v) is 17.8. The van der Waals surface area contributed by atoms with Crippen LogP contribution >= 0.6 is 11.6 Å². The first kappa shape index (κ1) is 20.0. The Kier molecular flexibility index (Phi) is 5.50. The van der Waals surface area contributed by atoms with E-state index in [2.05, 4.69) is 25.4 Å². The summed E-state index contributed by atoms with van der Waals surface area (Å²) in [5, 5.41) is 7.97. The van der Waals surface area contributed by atoms with Gasteiger partial charge < -0.3 is 9.88 Å². The Morgan fingerprint density at radius 2 is 1.97 bits per heavy atom. The fraction of sp³-hybridized carbons (Fsp3) is 0.286. The number of fused-ring (bicyclic) bond motifs is 1. The summed E-state index contributed by atoms with van der Waals surface area (Å²) in [7, 11) is 1.91. The van der Waals surface area contributed by atoms with Crippen LogP contribution < -0.4 is 5.32 Å². The second-order valence-electron chi connectivity index (χ2n) is 7.18. The van der Waals surface area contributed by atoms with Crippen LogP contribution in [0.4, 0.5) is 0 Å². The van der Waals surface area contributed by atoms with E-state index < -0.39 is 0 Å². The summed E-state index contributed by atoms with van der Waals surface area (Å²) in [5.41, 5.74) is 3.73. The van der Waals surface area contributed by atoms with Crippen LogP contribution in [0, 0.1) is 13.8 Å². The number of imidazole rings is 1. The number of carbonyl (C=O) groups excluding carboxylic acids is 1. The number of rotatable bonds is 6. The van der Waals surface area contributed by atoms with E-state index in [0.717, 1.165) is 28.3 Å². The SMILES string of the molecule is Cc1nc2ncnn2c(C)c1CCC(=O)N[C@H](c1ccc(Cl)cc1)c1nccn1C. The molecule has 0 saturated heterocycles. The summed E-state index contributed by atoms with van der Waals surface area (Å²) in [6.45, 7) is 3.90. The van der Waals surface area contributed by atoms with Crippen LogP contribution in [-0.2, 0) is 18.3 Å². The highest BCUT2D eigenvalue weighted by atomic mass is 35.5. The number of hydrogen-bond acceptors (Lipinski definition) is 5. The topological polar surface area (TPSA) is 90.0 Å². The lowest BCUT2D eigenvalue weighted by Crippen LogP contribution is -2.31. The van der Waals surface area contributed by atoms with Crippen molar-refractivity contribution in [2.75, 3.05) is 0 Å². The lowest BCUT2D eigenvalue weighted by molar-refractivity contribution is -0.121. The van der Waals surface area contributed by atoms with Crippen molar-refractivity contribution < 1.29 is 4.79 Å². The average Bonchev–Trinajstić information content (AvgIpc) is 3.35. The zero-order valence-electron chi connectivity index (χ0n) is 17.0. The first-order valence-corrected chi connectivity index (χ1v) is 9.99. The molecule has 0 fully saturated rings. The lowest BCUT2D eigenvalue weighted by atomic mass is 10.0. The molecule has 0 aliphatic carbocycles. The molecule has 0 saturated carbocycles. The van der Waals surface area contributed by atoms with Gasteiger partial charge in [0.25, 0.3) is 5.78 Å². The summed E-state index contributed by atoms with van der Waals surface area (Å²) >= 11 is 6.03. The van der Waals surface area contributed by atoms with Crippen LogP contribution in [0.3, 0.4) is 0 Å². The molecule has 8 nitrogen and oxygen atoms in total. The third kappa shape index (κ3) is 3.91. The molecule has 1 atom stereocenters. The van der Waals surface area contributed by atoms with Crippen molar-refractivity contribution >= 4 is 23.3 Å². The van der Waals surface area contributed by atoms with Gasteiger partial charge in [-0.2, -0.15) is 10.1 Å². The smallest absolute Gasteiger partial charge is 0.252 e. The van der Waals surface area contributed by atoms with E-state index in [9.17, 15) is 4.79 Å². The van der Waals surface area contributed by atoms with Gasteiger partial charge in [-0.3, -0.25) is 4.79 Å². The number of nitrogens with zero attached hydrogens (tertiary/aromatic N) is 6. The molecule has 1 aromatic carbocycles. The molecule has 0 spiro atoms. The molecule has 3 aromatic heterocycles. The van der Waals surface area contributed by atoms with Gasteiger partial charge in [-0.25, -0.2) is 14.5 Å². The third-order valence-electron chi connectivity index (χ3n) is 5.22. The molecular weight excluding hydrogens is 402 g/mol. The van der Waals surface area contributed by atoms with Crippen molar-refractivity contribution in [3.05, 3.63) is 76.3 Å². The number of aromatic nitrogens is 6. The number of nitrogens with one attached hydrogen (secondary N) is 1. The molecule has 0 bridgehead atoms. The molecule has 4 aromatic rings. The largest absolute Gasteiger partial charge is 0.342 e. The van der Waals surface area contributed by atoms with Crippen molar-refractivity contribution in [1.82, 2.24) is 34.4 Å². The summed E-state index contributed by atoms with van der Waals surface area (Å²) < 4.78 is 3.60. The normalized spacial score (nSPS) is 12.3. The van der Waals surface area contributed by atoms with E-state index >= 15 is 0 Å². The molecule has 0 aliphatic rings. The number of benzene rings is 1. The maximum atomic E-state index is 12.9. The first-order chi connectivity index (χ1) is 14.4. The van der Waals surface area contributed by atoms with Gasteiger partial charge in [0.05, 0.1) is 0 Å². The van der Waals surface area contributed by atoms with Crippen LogP contribution in [0.2, 0.25) is 5.02 Å². The lowest BCUT2D eigenvalue weighted by Gasteiger charge is -2.19. The Morgan fingerprint density at radius 3 is 2.67 bits per heavy atom. The van der Waals surface area contributed by atoms with Gasteiger partial charge in [0, 0.05) is 42.3 Å². The standard InChI is InChI=1S/C21H22ClN7O/c1-13-17(14(2)29-21(26-13)24-12-25-29)8-9-18(30)27-19(20-23-10-11-28(20)3)15-4-6-16(22)7-5-15/h4-7,10-12,19H,8-9H2,1-3H3,(H,27,30)/t19-/m1/s1. The maximum absolute atomic E-state index is 12.9. The van der Waals surface area contributed by atoms with Crippen LogP contribution in [0.15, 0.2) is 43.0 Å². The number of hydrogen-bond donors (Lipinski definition) is 1. The number of aryl methyl sites for hydroxylation is 3. The van der Waals surface area contributed by atoms with E-state index in [0.29, 0.717) is 23.6 Å². The van der Waals surface area contributed by atoms with Gasteiger partial charge in [0.1, 0.15) is 18.2 Å². The Hall–Kier alpha value is -3.26. The molecule has 154 valence electrons. The second kappa shape index (κ2) is 8.23. The van der Waals surface area contributed by atoms with Gasteiger partial charge in [0.2, 0.25) is 5.91 Å². The predicted molar refractivity (Wildman–Crippen MR) is 113 cm³/mol. The quantitative estimate of drug-likeness (QED) is 0.515. The van der Waals surface area contributed by atoms with Crippen LogP contribution in [0.5, 0.6) is 0 Å². The highest BCUT2D eigenvalue weighted by molar-refractivity contribution is 6.30. The molecule has 0 unspecified atom stereocenters. The Morgan fingerprint density at radius 1 is 1.20 bits per heavy atom. The molecule has 9 heteroatoms. The van der Waals surface area contributed by atoms with Gasteiger partial charge in [-0.05, 0) is 43.5 Å². The minimum Gasteiger partial charge on any atom is -0.342 e. The molecule has 0 radical (unpaired) electrons. The minimum atomic E-state index is -0.368. The van der Waals surface area contributed by atoms with Crippen molar-refractivity contribution in [3.8, 4) is 0 Å². The average molecular weight is 424 g/mol. The van der Waals surface area contributed by atoms with Crippen molar-refractivity contribution in [1.29, 1.82) is 0 Å². The second-order valence-corrected chi connectivity index (χ2v) is 7.62. The monoisotopic (exact) mass is 423 g/mol. The van der Waals surface area contributed by atoms with E-state index in [-0.39, 0.29) is 11.9 Å². The summed E-state index contributed by atoms with van der Waals surface area (Å²) in [4.78, 5) is 25.9. The first-order valence-electron chi connectivity index (χ1n) is 9.62. The third-order valence-corrected chi connectivity index (χ3v) is 5.47. The van der Waals surface area contributed by atoms with E-state index in [1.54, 1.807) is 10.7 Å². The molecular formula is C21H22ClN7O. The van der Waals surface area contributed by atoms with Crippen molar-refractivity contribution in [2.24, 2.45) is 7.05 Å². The number of carbonyl (C=O) groups is 1. The van der Waals surface area contributed by atoms with E-state index in [4.69, 9.17) is 11.6 Å². The van der Waals surface area contributed by atoms with Gasteiger partial charge >= 0.3 is 0 Å². The summed E-state index contributed by atoms with van der Waals surface area (Å²) in [5.74, 6) is 1.25. The predicted octanol–water partition coefficient (Wildman–Crippen LogP) is 2.97. The molecule has 30 heavy (non-hydrogen) atoms. The van der Waals surface area contributed by atoms with Gasteiger partial charge in [-0.1, -0.05) is 23.7 Å². The highest BCUT2D eigenvalue weighted by Crippen LogP contribution is 2.23. The Bertz CT molecular complexity index is 1200. The van der Waals surface area contributed by atoms with Crippen molar-refractivity contribution in [2.45, 2.75) is 32.7 Å². The van der Waals surface area contributed by atoms with E-state index in [1.807, 2.05) is 55.9 Å². The fourth-order valence-corrected chi connectivity index (χ4v) is 3.72. The molecule has 1 N–H and O–H groups in total. The minimum absolute atomic E-state index is 0.0737. The molecule has 3 heterocycles. The van der Waals surface area contributed by atoms with Crippen LogP contribution in [-0.4, -0.2) is 35.0 Å². The molecule has 0 aliphatic heterocycles. The van der Waals surface area contributed by atoms with Gasteiger partial charge in [0.15, 0.2) is 0 Å². The molecule has 1 amide bonds. The zero-order chi connectivity index (χ0) is 21.3. The van der Waals surface area contributed by atoms with Gasteiger partial charge in [-0.15, -0.1) is 0 Å². The summed E-state index contributed by atoms with van der Waals surface area (Å²) in [6, 6.07) is 7.06. The van der Waals surface area contributed by atoms with Crippen LogP contribution in [0.1, 0.15) is 40.8 Å². The van der Waals surface area contributed by atoms with Crippen molar-refractivity contribution in [3.63, 3.8) is 0 Å². The Labute approximate surface area is 178 Å². The van der Waals surface area contributed by atoms with Crippen LogP contribution in [0.25, 0.3) is 5.78 Å². The van der Waals surface area contributed by atoms with E-state index in [1.165, 1.54) is 6.33 Å².